The summed E-state index contributed by atoms with van der Waals surface area (Å²) in [6, 6.07) is 11.4. The molecule has 5 nitrogen and oxygen atoms in total. The fourth-order valence-corrected chi connectivity index (χ4v) is 4.96. The molecule has 0 aliphatic carbocycles. The molecular formula is C18H17BrCl2N2O3S. The van der Waals surface area contributed by atoms with Gasteiger partial charge in [-0.3, -0.25) is 4.79 Å². The van der Waals surface area contributed by atoms with E-state index in [0.717, 1.165) is 4.47 Å². The fraction of sp³-hybridized carbons (Fsp3) is 0.278. The standard InChI is InChI=1S/C18H17BrCl2N2O3S/c19-13-1-4-15(5-2-13)27(25,26)23-9-7-12(8-10-23)18(24)22-14-3-6-16(20)17(21)11-14/h1-6,11-12H,7-10H2,(H,22,24). The van der Waals surface area contributed by atoms with Gasteiger partial charge in [-0.05, 0) is 55.3 Å². The predicted octanol–water partition coefficient (Wildman–Crippen LogP) is 4.80. The molecule has 0 bridgehead atoms. The normalized spacial score (nSPS) is 16.3. The van der Waals surface area contributed by atoms with Crippen molar-refractivity contribution in [3.8, 4) is 0 Å². The Kier molecular flexibility index (Phi) is 6.48. The summed E-state index contributed by atoms with van der Waals surface area (Å²) < 4.78 is 27.7. The molecule has 1 aliphatic heterocycles. The highest BCUT2D eigenvalue weighted by Crippen LogP contribution is 2.28. The molecule has 0 radical (unpaired) electrons. The second-order valence-electron chi connectivity index (χ2n) is 6.25. The average Bonchev–Trinajstić information content (AvgIpc) is 2.65. The Hall–Kier alpha value is -1.12. The van der Waals surface area contributed by atoms with Gasteiger partial charge < -0.3 is 5.32 Å². The number of amides is 1. The van der Waals surface area contributed by atoms with Crippen molar-refractivity contribution in [2.24, 2.45) is 5.92 Å². The first kappa shape index (κ1) is 20.6. The van der Waals surface area contributed by atoms with Crippen molar-refractivity contribution >= 4 is 60.7 Å². The van der Waals surface area contributed by atoms with E-state index in [1.165, 1.54) is 4.31 Å². The average molecular weight is 492 g/mol. The molecule has 2 aromatic rings. The van der Waals surface area contributed by atoms with E-state index < -0.39 is 10.0 Å². The number of hydrogen-bond donors (Lipinski definition) is 1. The Bertz CT molecular complexity index is 944. The number of benzene rings is 2. The SMILES string of the molecule is O=C(Nc1ccc(Cl)c(Cl)c1)C1CCN(S(=O)(=O)c2ccc(Br)cc2)CC1. The molecular weight excluding hydrogens is 475 g/mol. The van der Waals surface area contributed by atoms with Crippen molar-refractivity contribution in [3.63, 3.8) is 0 Å². The van der Waals surface area contributed by atoms with Crippen LogP contribution in [-0.4, -0.2) is 31.7 Å². The van der Waals surface area contributed by atoms with Gasteiger partial charge in [-0.15, -0.1) is 0 Å². The van der Waals surface area contributed by atoms with Gasteiger partial charge in [0.2, 0.25) is 15.9 Å². The summed E-state index contributed by atoms with van der Waals surface area (Å²) in [5, 5.41) is 3.60. The molecule has 2 aromatic carbocycles. The van der Waals surface area contributed by atoms with Crippen LogP contribution in [0.2, 0.25) is 10.0 Å². The lowest BCUT2D eigenvalue weighted by atomic mass is 9.97. The van der Waals surface area contributed by atoms with Crippen LogP contribution >= 0.6 is 39.1 Å². The molecule has 1 aliphatic rings. The summed E-state index contributed by atoms with van der Waals surface area (Å²) >= 11 is 15.1. The Morgan fingerprint density at radius 3 is 2.26 bits per heavy atom. The van der Waals surface area contributed by atoms with Gasteiger partial charge in [0.1, 0.15) is 0 Å². The number of anilines is 1. The first-order valence-electron chi connectivity index (χ1n) is 8.29. The van der Waals surface area contributed by atoms with Crippen LogP contribution in [0.5, 0.6) is 0 Å². The van der Waals surface area contributed by atoms with Gasteiger partial charge in [0.05, 0.1) is 14.9 Å². The monoisotopic (exact) mass is 490 g/mol. The number of carbonyl (C=O) groups excluding carboxylic acids is 1. The van der Waals surface area contributed by atoms with Crippen molar-refractivity contribution in [2.75, 3.05) is 18.4 Å². The zero-order chi connectivity index (χ0) is 19.6. The van der Waals surface area contributed by atoms with Crippen LogP contribution in [0.1, 0.15) is 12.8 Å². The first-order chi connectivity index (χ1) is 12.8. The first-order valence-corrected chi connectivity index (χ1v) is 11.3. The molecule has 0 saturated carbocycles. The number of nitrogens with one attached hydrogen (secondary N) is 1. The minimum Gasteiger partial charge on any atom is -0.326 e. The fourth-order valence-electron chi connectivity index (χ4n) is 2.93. The van der Waals surface area contributed by atoms with Crippen molar-refractivity contribution in [1.29, 1.82) is 0 Å². The zero-order valence-electron chi connectivity index (χ0n) is 14.2. The quantitative estimate of drug-likeness (QED) is 0.668. The zero-order valence-corrected chi connectivity index (χ0v) is 18.1. The van der Waals surface area contributed by atoms with Crippen molar-refractivity contribution < 1.29 is 13.2 Å². The molecule has 1 amide bonds. The Labute approximate surface area is 176 Å². The van der Waals surface area contributed by atoms with Gasteiger partial charge >= 0.3 is 0 Å². The van der Waals surface area contributed by atoms with Gasteiger partial charge in [-0.1, -0.05) is 39.1 Å². The maximum Gasteiger partial charge on any atom is 0.243 e. The molecule has 1 N–H and O–H groups in total. The van der Waals surface area contributed by atoms with Crippen molar-refractivity contribution in [2.45, 2.75) is 17.7 Å². The molecule has 9 heteroatoms. The second kappa shape index (κ2) is 8.49. The Morgan fingerprint density at radius 1 is 1.04 bits per heavy atom. The van der Waals surface area contributed by atoms with E-state index in [2.05, 4.69) is 21.2 Å². The highest BCUT2D eigenvalue weighted by Gasteiger charge is 2.32. The lowest BCUT2D eigenvalue weighted by molar-refractivity contribution is -0.120. The maximum absolute atomic E-state index is 12.7. The molecule has 27 heavy (non-hydrogen) atoms. The molecule has 0 aromatic heterocycles. The van der Waals surface area contributed by atoms with Crippen molar-refractivity contribution in [1.82, 2.24) is 4.31 Å². The van der Waals surface area contributed by atoms with Gasteiger partial charge in [-0.2, -0.15) is 4.31 Å². The molecule has 1 heterocycles. The number of sulfonamides is 1. The molecule has 0 unspecified atom stereocenters. The van der Waals surface area contributed by atoms with Crippen LogP contribution in [0.25, 0.3) is 0 Å². The number of halogens is 3. The van der Waals surface area contributed by atoms with E-state index in [1.807, 2.05) is 0 Å². The third-order valence-electron chi connectivity index (χ3n) is 4.46. The van der Waals surface area contributed by atoms with E-state index in [0.29, 0.717) is 41.7 Å². The number of nitrogens with zero attached hydrogens (tertiary/aromatic N) is 1. The third-order valence-corrected chi connectivity index (χ3v) is 7.64. The van der Waals surface area contributed by atoms with Gasteiger partial charge in [-0.25, -0.2) is 8.42 Å². The van der Waals surface area contributed by atoms with Crippen LogP contribution in [-0.2, 0) is 14.8 Å². The minimum absolute atomic E-state index is 0.144. The van der Waals surface area contributed by atoms with Gasteiger partial charge in [0, 0.05) is 29.2 Å². The largest absolute Gasteiger partial charge is 0.326 e. The maximum atomic E-state index is 12.7. The van der Waals surface area contributed by atoms with Crippen LogP contribution in [0.3, 0.4) is 0 Å². The lowest BCUT2D eigenvalue weighted by Gasteiger charge is -2.30. The third kappa shape index (κ3) is 4.84. The van der Waals surface area contributed by atoms with E-state index in [9.17, 15) is 13.2 Å². The molecule has 144 valence electrons. The number of piperidine rings is 1. The number of hydrogen-bond acceptors (Lipinski definition) is 3. The van der Waals surface area contributed by atoms with E-state index >= 15 is 0 Å². The van der Waals surface area contributed by atoms with Crippen LogP contribution < -0.4 is 5.32 Å². The summed E-state index contributed by atoms with van der Waals surface area (Å²) in [6.07, 6.45) is 0.922. The molecule has 1 fully saturated rings. The van der Waals surface area contributed by atoms with E-state index in [4.69, 9.17) is 23.2 Å². The molecule has 3 rings (SSSR count). The van der Waals surface area contributed by atoms with Crippen LogP contribution in [0.15, 0.2) is 51.8 Å². The highest BCUT2D eigenvalue weighted by atomic mass is 79.9. The number of rotatable bonds is 4. The van der Waals surface area contributed by atoms with Gasteiger partial charge in [0.15, 0.2) is 0 Å². The summed E-state index contributed by atoms with van der Waals surface area (Å²) in [5.41, 5.74) is 0.569. The Morgan fingerprint density at radius 2 is 1.67 bits per heavy atom. The highest BCUT2D eigenvalue weighted by molar-refractivity contribution is 9.10. The molecule has 0 atom stereocenters. The smallest absolute Gasteiger partial charge is 0.243 e. The predicted molar refractivity (Wildman–Crippen MR) is 111 cm³/mol. The van der Waals surface area contributed by atoms with E-state index in [1.54, 1.807) is 42.5 Å². The number of carbonyl (C=O) groups is 1. The molecule has 0 spiro atoms. The molecule has 1 saturated heterocycles. The summed E-state index contributed by atoms with van der Waals surface area (Å²) in [5.74, 6) is -0.398. The lowest BCUT2D eigenvalue weighted by Crippen LogP contribution is -2.41. The minimum atomic E-state index is -3.55. The van der Waals surface area contributed by atoms with Crippen LogP contribution in [0, 0.1) is 5.92 Å². The summed E-state index contributed by atoms with van der Waals surface area (Å²) in [4.78, 5) is 12.7. The second-order valence-corrected chi connectivity index (χ2v) is 9.92. The van der Waals surface area contributed by atoms with Crippen LogP contribution in [0.4, 0.5) is 5.69 Å². The summed E-state index contributed by atoms with van der Waals surface area (Å²) in [7, 11) is -3.55. The topological polar surface area (TPSA) is 66.5 Å². The van der Waals surface area contributed by atoms with Gasteiger partial charge in [0.25, 0.3) is 0 Å². The van der Waals surface area contributed by atoms with E-state index in [-0.39, 0.29) is 16.7 Å². The van der Waals surface area contributed by atoms with Crippen molar-refractivity contribution in [3.05, 3.63) is 57.0 Å². The Balaban J connectivity index is 1.61. The summed E-state index contributed by atoms with van der Waals surface area (Å²) in [6.45, 7) is 0.607.